The van der Waals surface area contributed by atoms with Crippen molar-refractivity contribution in [3.8, 4) is 0 Å². The van der Waals surface area contributed by atoms with E-state index >= 15 is 0 Å². The number of aliphatic carboxylic acids is 1. The molecular weight excluding hydrogens is 228 g/mol. The maximum atomic E-state index is 11.7. The maximum Gasteiger partial charge on any atom is 0.321 e. The van der Waals surface area contributed by atoms with E-state index in [1.807, 2.05) is 0 Å². The van der Waals surface area contributed by atoms with Crippen LogP contribution in [0, 0.1) is 5.92 Å². The van der Waals surface area contributed by atoms with Crippen LogP contribution in [0.2, 0.25) is 0 Å². The molecular formula is C9H13N4O4-. The molecule has 0 aromatic carbocycles. The van der Waals surface area contributed by atoms with Gasteiger partial charge in [-0.2, -0.15) is 0 Å². The Balaban J connectivity index is 2.26. The quantitative estimate of drug-likeness (QED) is 0.518. The Morgan fingerprint density at radius 1 is 1.29 bits per heavy atom. The van der Waals surface area contributed by atoms with Crippen LogP contribution in [0.5, 0.6) is 0 Å². The van der Waals surface area contributed by atoms with E-state index in [9.17, 15) is 19.5 Å². The predicted octanol–water partition coefficient (Wildman–Crippen LogP) is -2.25. The topological polar surface area (TPSA) is 114 Å². The second-order valence-corrected chi connectivity index (χ2v) is 4.40. The number of carboxylic acid groups (broad SMARTS) is 1. The van der Waals surface area contributed by atoms with Gasteiger partial charge in [0.15, 0.2) is 0 Å². The zero-order valence-electron chi connectivity index (χ0n) is 9.39. The van der Waals surface area contributed by atoms with Gasteiger partial charge in [0.05, 0.1) is 12.0 Å². The number of urea groups is 2. The molecule has 2 heterocycles. The van der Waals surface area contributed by atoms with Crippen LogP contribution in [0.25, 0.3) is 0 Å². The summed E-state index contributed by atoms with van der Waals surface area (Å²) in [7, 11) is 0. The van der Waals surface area contributed by atoms with E-state index in [0.717, 1.165) is 4.90 Å². The van der Waals surface area contributed by atoms with Gasteiger partial charge in [-0.3, -0.25) is 4.90 Å². The van der Waals surface area contributed by atoms with Gasteiger partial charge < -0.3 is 25.9 Å². The summed E-state index contributed by atoms with van der Waals surface area (Å²) in [5, 5.41) is 18.5. The van der Waals surface area contributed by atoms with E-state index in [0.29, 0.717) is 0 Å². The van der Waals surface area contributed by atoms with Crippen LogP contribution >= 0.6 is 0 Å². The van der Waals surface area contributed by atoms with Crippen LogP contribution in [0.1, 0.15) is 13.8 Å². The van der Waals surface area contributed by atoms with Gasteiger partial charge in [-0.25, -0.2) is 9.59 Å². The third-order valence-corrected chi connectivity index (χ3v) is 2.87. The van der Waals surface area contributed by atoms with E-state index in [1.165, 1.54) is 0 Å². The van der Waals surface area contributed by atoms with E-state index in [1.54, 1.807) is 13.8 Å². The van der Waals surface area contributed by atoms with Crippen molar-refractivity contribution in [1.82, 2.24) is 20.9 Å². The molecule has 8 heteroatoms. The number of carboxylic acids is 1. The summed E-state index contributed by atoms with van der Waals surface area (Å²) in [4.78, 5) is 35.0. The molecule has 2 aliphatic rings. The lowest BCUT2D eigenvalue weighted by atomic mass is 10.0. The molecule has 2 saturated heterocycles. The first kappa shape index (κ1) is 11.5. The third-order valence-electron chi connectivity index (χ3n) is 2.87. The lowest BCUT2D eigenvalue weighted by molar-refractivity contribution is -0.312. The minimum Gasteiger partial charge on any atom is -0.548 e. The van der Waals surface area contributed by atoms with Gasteiger partial charge in [0.1, 0.15) is 12.3 Å². The molecule has 4 amide bonds. The van der Waals surface area contributed by atoms with Crippen molar-refractivity contribution in [3.63, 3.8) is 0 Å². The van der Waals surface area contributed by atoms with Crippen molar-refractivity contribution in [3.05, 3.63) is 0 Å². The number of fused-ring (bicyclic) bond motifs is 1. The van der Waals surface area contributed by atoms with Crippen molar-refractivity contribution in [2.24, 2.45) is 5.92 Å². The Morgan fingerprint density at radius 2 is 1.94 bits per heavy atom. The standard InChI is InChI=1S/C9H14N4O4/c1-3(2)4(7(14)15)13-6-5(11-9(13)17)10-8(16)12-6/h3-6H,1-2H3,(H,11,17)(H,14,15)(H2,10,12,16)/p-1/t4-,5-,6-/m0/s1. The Bertz CT molecular complexity index is 383. The Morgan fingerprint density at radius 3 is 2.47 bits per heavy atom. The molecule has 2 fully saturated rings. The lowest BCUT2D eigenvalue weighted by Gasteiger charge is -2.34. The van der Waals surface area contributed by atoms with E-state index in [2.05, 4.69) is 16.0 Å². The van der Waals surface area contributed by atoms with E-state index < -0.39 is 36.4 Å². The smallest absolute Gasteiger partial charge is 0.321 e. The minimum absolute atomic E-state index is 0.318. The molecule has 0 spiro atoms. The molecule has 3 N–H and O–H groups in total. The highest BCUT2D eigenvalue weighted by atomic mass is 16.4. The van der Waals surface area contributed by atoms with Crippen LogP contribution in [0.4, 0.5) is 9.59 Å². The summed E-state index contributed by atoms with van der Waals surface area (Å²) in [5.41, 5.74) is 0. The molecule has 2 aliphatic heterocycles. The molecule has 2 rings (SSSR count). The van der Waals surface area contributed by atoms with Crippen LogP contribution in [-0.2, 0) is 4.79 Å². The number of nitrogens with one attached hydrogen (secondary N) is 3. The zero-order chi connectivity index (χ0) is 12.7. The SMILES string of the molecule is CC(C)[C@@H](C(=O)[O-])N1C(=O)N[C@@H]2NC(=O)N[C@H]21. The van der Waals surface area contributed by atoms with Crippen LogP contribution < -0.4 is 21.1 Å². The van der Waals surface area contributed by atoms with Gasteiger partial charge in [0.25, 0.3) is 0 Å². The van der Waals surface area contributed by atoms with Crippen molar-refractivity contribution in [2.45, 2.75) is 32.2 Å². The monoisotopic (exact) mass is 241 g/mol. The van der Waals surface area contributed by atoms with E-state index in [4.69, 9.17) is 0 Å². The van der Waals surface area contributed by atoms with Gasteiger partial charge in [-0.15, -0.1) is 0 Å². The molecule has 0 radical (unpaired) electrons. The highest BCUT2D eigenvalue weighted by molar-refractivity contribution is 5.88. The first-order valence-corrected chi connectivity index (χ1v) is 5.28. The molecule has 8 nitrogen and oxygen atoms in total. The number of rotatable bonds is 3. The van der Waals surface area contributed by atoms with E-state index in [-0.39, 0.29) is 5.92 Å². The number of carbonyl (C=O) groups excluding carboxylic acids is 3. The number of hydrogen-bond acceptors (Lipinski definition) is 4. The Labute approximate surface area is 97.3 Å². The van der Waals surface area contributed by atoms with Crippen LogP contribution in [0.15, 0.2) is 0 Å². The van der Waals surface area contributed by atoms with Gasteiger partial charge in [0.2, 0.25) is 0 Å². The summed E-state index contributed by atoms with van der Waals surface area (Å²) in [6.45, 7) is 3.34. The number of hydrogen-bond donors (Lipinski definition) is 3. The average molecular weight is 241 g/mol. The van der Waals surface area contributed by atoms with Crippen molar-refractivity contribution < 1.29 is 19.5 Å². The molecule has 0 aromatic heterocycles. The molecule has 0 aromatic rings. The van der Waals surface area contributed by atoms with Crippen LogP contribution in [-0.4, -0.2) is 41.3 Å². The van der Waals surface area contributed by atoms with Crippen LogP contribution in [0.3, 0.4) is 0 Å². The van der Waals surface area contributed by atoms with Crippen molar-refractivity contribution in [1.29, 1.82) is 0 Å². The summed E-state index contributed by atoms with van der Waals surface area (Å²) in [6, 6.07) is -2.05. The zero-order valence-corrected chi connectivity index (χ0v) is 9.39. The molecule has 17 heavy (non-hydrogen) atoms. The normalized spacial score (nSPS) is 28.5. The van der Waals surface area contributed by atoms with Gasteiger partial charge in [0, 0.05) is 0 Å². The van der Waals surface area contributed by atoms with Crippen molar-refractivity contribution >= 4 is 18.0 Å². The maximum absolute atomic E-state index is 11.7. The predicted molar refractivity (Wildman–Crippen MR) is 53.2 cm³/mol. The number of amides is 4. The van der Waals surface area contributed by atoms with Gasteiger partial charge in [-0.1, -0.05) is 13.8 Å². The first-order valence-electron chi connectivity index (χ1n) is 5.28. The van der Waals surface area contributed by atoms with Gasteiger partial charge >= 0.3 is 12.1 Å². The summed E-state index contributed by atoms with van der Waals surface area (Å²) >= 11 is 0. The van der Waals surface area contributed by atoms with Gasteiger partial charge in [-0.05, 0) is 5.92 Å². The summed E-state index contributed by atoms with van der Waals surface area (Å²) < 4.78 is 0. The molecule has 3 atom stereocenters. The summed E-state index contributed by atoms with van der Waals surface area (Å²) in [6.07, 6.45) is -1.30. The Kier molecular flexibility index (Phi) is 2.56. The summed E-state index contributed by atoms with van der Waals surface area (Å²) in [5.74, 6) is -1.65. The number of nitrogens with zero attached hydrogens (tertiary/aromatic N) is 1. The number of carbonyl (C=O) groups is 3. The highest BCUT2D eigenvalue weighted by Gasteiger charge is 2.49. The highest BCUT2D eigenvalue weighted by Crippen LogP contribution is 2.21. The molecule has 0 aliphatic carbocycles. The van der Waals surface area contributed by atoms with Crippen molar-refractivity contribution in [2.75, 3.05) is 0 Å². The Hall–Kier alpha value is -1.99. The fourth-order valence-electron chi connectivity index (χ4n) is 2.16. The molecule has 94 valence electrons. The molecule has 0 saturated carbocycles. The first-order chi connectivity index (χ1) is 7.91. The fraction of sp³-hybridized carbons (Fsp3) is 0.667. The lowest BCUT2D eigenvalue weighted by Crippen LogP contribution is -2.57. The average Bonchev–Trinajstić information content (AvgIpc) is 2.64. The second-order valence-electron chi connectivity index (χ2n) is 4.40. The second kappa shape index (κ2) is 3.79. The molecule has 0 bridgehead atoms. The minimum atomic E-state index is -1.34. The molecule has 0 unspecified atom stereocenters. The fourth-order valence-corrected chi connectivity index (χ4v) is 2.16. The third kappa shape index (κ3) is 1.75. The largest absolute Gasteiger partial charge is 0.548 e.